The normalized spacial score (nSPS) is 13.3. The van der Waals surface area contributed by atoms with E-state index in [1.165, 1.54) is 44.2 Å². The van der Waals surface area contributed by atoms with E-state index >= 15 is 0 Å². The van der Waals surface area contributed by atoms with Crippen molar-refractivity contribution in [3.05, 3.63) is 120 Å². The molecule has 4 heterocycles. The van der Waals surface area contributed by atoms with E-state index in [0.717, 1.165) is 32.0 Å². The van der Waals surface area contributed by atoms with E-state index in [2.05, 4.69) is 94.4 Å². The molecule has 0 N–H and O–H groups in total. The lowest BCUT2D eigenvalue weighted by Gasteiger charge is -2.23. The number of hydrogen-bond donors (Lipinski definition) is 0. The van der Waals surface area contributed by atoms with Crippen molar-refractivity contribution < 1.29 is 0 Å². The fraction of sp³-hybridized carbons (Fsp3) is 0.0857. The third-order valence-electron chi connectivity index (χ3n) is 8.23. The van der Waals surface area contributed by atoms with Gasteiger partial charge in [-0.15, -0.1) is 22.7 Å². The van der Waals surface area contributed by atoms with Crippen molar-refractivity contribution in [3.8, 4) is 54.3 Å². The van der Waals surface area contributed by atoms with E-state index in [-0.39, 0.29) is 5.41 Å². The van der Waals surface area contributed by atoms with E-state index in [1.54, 1.807) is 22.7 Å². The predicted molar refractivity (Wildman–Crippen MR) is 170 cm³/mol. The van der Waals surface area contributed by atoms with Gasteiger partial charge in [0.05, 0.1) is 20.8 Å². The van der Waals surface area contributed by atoms with Gasteiger partial charge in [-0.05, 0) is 68.4 Å². The van der Waals surface area contributed by atoms with Crippen molar-refractivity contribution in [3.63, 3.8) is 0 Å². The molecule has 0 saturated carbocycles. The van der Waals surface area contributed by atoms with Crippen LogP contribution in [0.2, 0.25) is 0 Å². The van der Waals surface area contributed by atoms with Gasteiger partial charge in [-0.1, -0.05) is 50.2 Å². The van der Waals surface area contributed by atoms with Crippen molar-refractivity contribution in [2.45, 2.75) is 19.3 Å². The number of aromatic nitrogens is 4. The van der Waals surface area contributed by atoms with E-state index in [9.17, 15) is 0 Å². The first-order chi connectivity index (χ1) is 20.1. The maximum atomic E-state index is 4.63. The molecule has 196 valence electrons. The average molecular weight is 565 g/mol. The topological polar surface area (TPSA) is 51.6 Å². The van der Waals surface area contributed by atoms with Crippen LogP contribution < -0.4 is 0 Å². The van der Waals surface area contributed by atoms with Gasteiger partial charge >= 0.3 is 0 Å². The van der Waals surface area contributed by atoms with Crippen LogP contribution >= 0.6 is 22.7 Å². The zero-order chi connectivity index (χ0) is 27.6. The van der Waals surface area contributed by atoms with Crippen LogP contribution in [0.15, 0.2) is 109 Å². The van der Waals surface area contributed by atoms with Gasteiger partial charge in [-0.3, -0.25) is 19.9 Å². The van der Waals surface area contributed by atoms with Crippen molar-refractivity contribution in [1.82, 2.24) is 19.9 Å². The molecule has 3 aromatic carbocycles. The highest BCUT2D eigenvalue weighted by atomic mass is 32.1. The summed E-state index contributed by atoms with van der Waals surface area (Å²) < 4.78 is 0. The highest BCUT2D eigenvalue weighted by Crippen LogP contribution is 2.54. The summed E-state index contributed by atoms with van der Waals surface area (Å²) in [5.74, 6) is 0. The maximum Gasteiger partial charge on any atom is 0.0797 e. The number of nitrogens with zero attached hydrogens (tertiary/aromatic N) is 4. The number of thiazole rings is 2. The average Bonchev–Trinajstić information content (AvgIpc) is 3.79. The molecule has 0 unspecified atom stereocenters. The van der Waals surface area contributed by atoms with Gasteiger partial charge in [0.15, 0.2) is 0 Å². The zero-order valence-electron chi connectivity index (χ0n) is 22.5. The zero-order valence-corrected chi connectivity index (χ0v) is 24.1. The number of pyridine rings is 2. The van der Waals surface area contributed by atoms with Crippen molar-refractivity contribution in [2.75, 3.05) is 0 Å². The van der Waals surface area contributed by atoms with E-state index in [4.69, 9.17) is 0 Å². The Labute approximate surface area is 246 Å². The second-order valence-electron chi connectivity index (χ2n) is 10.9. The summed E-state index contributed by atoms with van der Waals surface area (Å²) in [6.45, 7) is 4.69. The molecule has 0 radical (unpaired) electrons. The Morgan fingerprint density at radius 2 is 1.15 bits per heavy atom. The second-order valence-corrected chi connectivity index (χ2v) is 12.7. The molecule has 0 amide bonds. The SMILES string of the molecule is CC1(C)c2cc(-c3cncc(-c4cncs4)c3)ccc2-c2c1cc(-c1cncc(-c3cncs3)c1)c1ccccc21. The molecule has 6 heteroatoms. The van der Waals surface area contributed by atoms with Gasteiger partial charge in [0.1, 0.15) is 0 Å². The molecule has 41 heavy (non-hydrogen) atoms. The molecular formula is C35H24N4S2. The lowest BCUT2D eigenvalue weighted by Crippen LogP contribution is -2.15. The Balaban J connectivity index is 1.30. The Bertz CT molecular complexity index is 2080. The van der Waals surface area contributed by atoms with Gasteiger partial charge in [0, 0.05) is 64.8 Å². The lowest BCUT2D eigenvalue weighted by molar-refractivity contribution is 0.661. The van der Waals surface area contributed by atoms with Crippen LogP contribution in [-0.4, -0.2) is 19.9 Å². The molecule has 8 rings (SSSR count). The second kappa shape index (κ2) is 9.26. The Kier molecular flexibility index (Phi) is 5.49. The maximum absolute atomic E-state index is 4.63. The van der Waals surface area contributed by atoms with Gasteiger partial charge in [-0.2, -0.15) is 0 Å². The Morgan fingerprint density at radius 1 is 0.512 bits per heavy atom. The lowest BCUT2D eigenvalue weighted by atomic mass is 9.80. The van der Waals surface area contributed by atoms with Gasteiger partial charge in [0.25, 0.3) is 0 Å². The largest absolute Gasteiger partial charge is 0.263 e. The number of rotatable bonds is 4. The molecule has 0 aliphatic heterocycles. The van der Waals surface area contributed by atoms with E-state index in [1.807, 2.05) is 48.2 Å². The van der Waals surface area contributed by atoms with Crippen LogP contribution in [0.25, 0.3) is 65.0 Å². The smallest absolute Gasteiger partial charge is 0.0797 e. The molecule has 0 atom stereocenters. The van der Waals surface area contributed by atoms with Crippen LogP contribution in [0, 0.1) is 0 Å². The molecule has 7 aromatic rings. The number of fused-ring (bicyclic) bond motifs is 5. The molecule has 0 fully saturated rings. The van der Waals surface area contributed by atoms with Crippen LogP contribution in [0.5, 0.6) is 0 Å². The molecule has 1 aliphatic rings. The molecule has 4 aromatic heterocycles. The van der Waals surface area contributed by atoms with Crippen LogP contribution in [0.4, 0.5) is 0 Å². The van der Waals surface area contributed by atoms with E-state index < -0.39 is 0 Å². The fourth-order valence-corrected chi connectivity index (χ4v) is 7.38. The van der Waals surface area contributed by atoms with Gasteiger partial charge < -0.3 is 0 Å². The highest BCUT2D eigenvalue weighted by Gasteiger charge is 2.37. The van der Waals surface area contributed by atoms with Gasteiger partial charge in [-0.25, -0.2) is 0 Å². The highest BCUT2D eigenvalue weighted by molar-refractivity contribution is 7.13. The number of benzene rings is 3. The minimum Gasteiger partial charge on any atom is -0.263 e. The van der Waals surface area contributed by atoms with Gasteiger partial charge in [0.2, 0.25) is 0 Å². The first-order valence-electron chi connectivity index (χ1n) is 13.5. The Hall–Kier alpha value is -4.52. The van der Waals surface area contributed by atoms with Crippen LogP contribution in [-0.2, 0) is 5.41 Å². The summed E-state index contributed by atoms with van der Waals surface area (Å²) in [6, 6.07) is 22.5. The van der Waals surface area contributed by atoms with Crippen molar-refractivity contribution in [2.24, 2.45) is 0 Å². The minimum absolute atomic E-state index is 0.176. The fourth-order valence-electron chi connectivity index (χ4n) is 6.17. The summed E-state index contributed by atoms with van der Waals surface area (Å²) in [4.78, 5) is 20.0. The van der Waals surface area contributed by atoms with E-state index in [0.29, 0.717) is 0 Å². The summed E-state index contributed by atoms with van der Waals surface area (Å²) in [5.41, 5.74) is 15.7. The first-order valence-corrected chi connectivity index (χ1v) is 15.2. The van der Waals surface area contributed by atoms with Crippen LogP contribution in [0.3, 0.4) is 0 Å². The molecule has 0 saturated heterocycles. The van der Waals surface area contributed by atoms with Crippen LogP contribution in [0.1, 0.15) is 25.0 Å². The first kappa shape index (κ1) is 24.3. The summed E-state index contributed by atoms with van der Waals surface area (Å²) in [5, 5.41) is 2.51. The third kappa shape index (κ3) is 3.86. The molecule has 0 spiro atoms. The Morgan fingerprint density at radius 3 is 1.83 bits per heavy atom. The van der Waals surface area contributed by atoms with Crippen molar-refractivity contribution in [1.29, 1.82) is 0 Å². The quantitative estimate of drug-likeness (QED) is 0.214. The predicted octanol–water partition coefficient (Wildman–Crippen LogP) is 9.52. The molecule has 4 nitrogen and oxygen atoms in total. The summed E-state index contributed by atoms with van der Waals surface area (Å²) in [7, 11) is 0. The number of hydrogen-bond acceptors (Lipinski definition) is 6. The monoisotopic (exact) mass is 564 g/mol. The van der Waals surface area contributed by atoms with Crippen molar-refractivity contribution >= 4 is 33.4 Å². The minimum atomic E-state index is -0.176. The molecule has 0 bridgehead atoms. The molecular weight excluding hydrogens is 541 g/mol. The molecule has 1 aliphatic carbocycles. The summed E-state index contributed by atoms with van der Waals surface area (Å²) >= 11 is 3.27. The summed E-state index contributed by atoms with van der Waals surface area (Å²) in [6.07, 6.45) is 11.6. The standard InChI is InChI=1S/C35H24N4S2/c1-35(2)30-11-21(22-9-24(15-36-13-22)32-17-38-19-40-32)7-8-28(30)34-27-6-4-3-5-26(27)29(12-31(34)35)23-10-25(16-37-14-23)33-18-39-20-41-33/h3-20H,1-2H3. The third-order valence-corrected chi connectivity index (χ3v) is 9.88.